The van der Waals surface area contributed by atoms with Gasteiger partial charge in [0.25, 0.3) is 5.56 Å². The molecule has 2 aromatic heterocycles. The van der Waals surface area contributed by atoms with Gasteiger partial charge in [-0.25, -0.2) is 9.89 Å². The van der Waals surface area contributed by atoms with Gasteiger partial charge in [-0.05, 0) is 17.7 Å². The van der Waals surface area contributed by atoms with Crippen LogP contribution < -0.4 is 16.7 Å². The van der Waals surface area contributed by atoms with E-state index in [9.17, 15) is 9.59 Å². The van der Waals surface area contributed by atoms with Gasteiger partial charge in [0.05, 0.1) is 6.21 Å². The van der Waals surface area contributed by atoms with Gasteiger partial charge in [-0.15, -0.1) is 5.10 Å². The van der Waals surface area contributed by atoms with Gasteiger partial charge >= 0.3 is 5.69 Å². The van der Waals surface area contributed by atoms with Gasteiger partial charge in [0, 0.05) is 12.4 Å². The zero-order chi connectivity index (χ0) is 12.1. The molecule has 2 aromatic rings. The molecule has 2 heterocycles. The molecule has 0 fully saturated rings. The van der Waals surface area contributed by atoms with Crippen LogP contribution in [-0.4, -0.2) is 26.4 Å². The molecule has 0 unspecified atom stereocenters. The van der Waals surface area contributed by atoms with Crippen LogP contribution in [0.15, 0.2) is 39.2 Å². The van der Waals surface area contributed by atoms with Crippen LogP contribution in [-0.2, 0) is 0 Å². The third-order valence-corrected chi connectivity index (χ3v) is 1.80. The number of pyridine rings is 1. The van der Waals surface area contributed by atoms with E-state index >= 15 is 0 Å². The molecule has 2 rings (SSSR count). The Morgan fingerprint density at radius 3 is 2.76 bits per heavy atom. The molecule has 0 aliphatic heterocycles. The van der Waals surface area contributed by atoms with Crippen molar-refractivity contribution in [3.63, 3.8) is 0 Å². The Balaban J connectivity index is 2.10. The summed E-state index contributed by atoms with van der Waals surface area (Å²) in [6.45, 7) is 0. The number of rotatable bonds is 3. The van der Waals surface area contributed by atoms with Crippen LogP contribution in [0.4, 0.5) is 5.82 Å². The second kappa shape index (κ2) is 4.84. The predicted octanol–water partition coefficient (Wildman–Crippen LogP) is -0.701. The fraction of sp³-hybridized carbons (Fsp3) is 0. The number of H-pyrrole nitrogens is 2. The van der Waals surface area contributed by atoms with Gasteiger partial charge in [0.2, 0.25) is 5.82 Å². The molecule has 8 heteroatoms. The van der Waals surface area contributed by atoms with Crippen LogP contribution in [0.2, 0.25) is 0 Å². The molecule has 0 aromatic carbocycles. The van der Waals surface area contributed by atoms with Crippen LogP contribution in [0, 0.1) is 0 Å². The average Bonchev–Trinajstić information content (AvgIpc) is 2.33. The number of nitrogens with one attached hydrogen (secondary N) is 3. The van der Waals surface area contributed by atoms with Crippen LogP contribution in [0.5, 0.6) is 0 Å². The summed E-state index contributed by atoms with van der Waals surface area (Å²) in [5.41, 5.74) is 1.92. The Kier molecular flexibility index (Phi) is 3.05. The third-order valence-electron chi connectivity index (χ3n) is 1.80. The normalized spacial score (nSPS) is 10.6. The molecule has 0 amide bonds. The summed E-state index contributed by atoms with van der Waals surface area (Å²) in [7, 11) is 0. The van der Waals surface area contributed by atoms with Crippen molar-refractivity contribution < 1.29 is 0 Å². The summed E-state index contributed by atoms with van der Waals surface area (Å²) in [5, 5.41) is 9.37. The highest BCUT2D eigenvalue weighted by Crippen LogP contribution is 1.92. The van der Waals surface area contributed by atoms with Crippen molar-refractivity contribution in [2.24, 2.45) is 5.10 Å². The summed E-state index contributed by atoms with van der Waals surface area (Å²) >= 11 is 0. The van der Waals surface area contributed by atoms with E-state index in [0.717, 1.165) is 5.56 Å². The minimum atomic E-state index is -0.668. The number of anilines is 1. The van der Waals surface area contributed by atoms with E-state index < -0.39 is 11.2 Å². The lowest BCUT2D eigenvalue weighted by molar-refractivity contribution is 0.890. The lowest BCUT2D eigenvalue weighted by atomic mass is 10.3. The monoisotopic (exact) mass is 232 g/mol. The number of nitrogens with zero attached hydrogens (tertiary/aromatic N) is 3. The van der Waals surface area contributed by atoms with Gasteiger partial charge in [-0.1, -0.05) is 0 Å². The molecule has 0 bridgehead atoms. The molecule has 86 valence electrons. The molecule has 8 nitrogen and oxygen atoms in total. The first kappa shape index (κ1) is 10.7. The standard InChI is InChI=1S/C9H8N6O2/c16-8-7(14-15-9(17)12-8)13-11-5-6-1-3-10-4-2-6/h1-5H,(H,13,14)(H2,12,15,16,17)/b11-5+. The molecule has 0 aliphatic rings. The minimum absolute atomic E-state index is 0.0880. The lowest BCUT2D eigenvalue weighted by Gasteiger charge is -1.95. The van der Waals surface area contributed by atoms with Crippen molar-refractivity contribution in [2.75, 3.05) is 5.43 Å². The summed E-state index contributed by atoms with van der Waals surface area (Å²) < 4.78 is 0. The molecular formula is C9H8N6O2. The highest BCUT2D eigenvalue weighted by molar-refractivity contribution is 5.79. The van der Waals surface area contributed by atoms with Crippen molar-refractivity contribution in [3.05, 3.63) is 50.9 Å². The van der Waals surface area contributed by atoms with Crippen molar-refractivity contribution in [1.29, 1.82) is 0 Å². The molecule has 0 spiro atoms. The van der Waals surface area contributed by atoms with E-state index in [1.807, 2.05) is 4.98 Å². The molecule has 3 N–H and O–H groups in total. The first-order valence-corrected chi connectivity index (χ1v) is 4.64. The van der Waals surface area contributed by atoms with E-state index in [-0.39, 0.29) is 5.82 Å². The first-order valence-electron chi connectivity index (χ1n) is 4.64. The highest BCUT2D eigenvalue weighted by atomic mass is 16.2. The van der Waals surface area contributed by atoms with E-state index in [1.165, 1.54) is 6.21 Å². The predicted molar refractivity (Wildman–Crippen MR) is 60.9 cm³/mol. The number of hydrazone groups is 1. The van der Waals surface area contributed by atoms with Crippen molar-refractivity contribution in [1.82, 2.24) is 20.2 Å². The Hall–Kier alpha value is -2.77. The summed E-state index contributed by atoms with van der Waals surface area (Å²) in [5.74, 6) is -0.0880. The highest BCUT2D eigenvalue weighted by Gasteiger charge is 1.98. The Morgan fingerprint density at radius 2 is 2.06 bits per heavy atom. The number of aromatic amines is 2. The molecule has 0 aliphatic carbocycles. The van der Waals surface area contributed by atoms with Crippen LogP contribution in [0.1, 0.15) is 5.56 Å². The van der Waals surface area contributed by atoms with Gasteiger partial charge in [-0.2, -0.15) is 5.10 Å². The van der Waals surface area contributed by atoms with Gasteiger partial charge in [0.15, 0.2) is 0 Å². The Morgan fingerprint density at radius 1 is 1.29 bits per heavy atom. The maximum absolute atomic E-state index is 11.2. The zero-order valence-corrected chi connectivity index (χ0v) is 8.54. The second-order valence-electron chi connectivity index (χ2n) is 3.01. The zero-order valence-electron chi connectivity index (χ0n) is 8.54. The maximum Gasteiger partial charge on any atom is 0.342 e. The van der Waals surface area contributed by atoms with E-state index in [0.29, 0.717) is 0 Å². The van der Waals surface area contributed by atoms with Gasteiger partial charge in [0.1, 0.15) is 0 Å². The van der Waals surface area contributed by atoms with Crippen LogP contribution in [0.3, 0.4) is 0 Å². The molecule has 0 atom stereocenters. The fourth-order valence-electron chi connectivity index (χ4n) is 1.04. The summed E-state index contributed by atoms with van der Waals surface area (Å²) in [6, 6.07) is 3.49. The van der Waals surface area contributed by atoms with Crippen molar-refractivity contribution >= 4 is 12.0 Å². The maximum atomic E-state index is 11.2. The van der Waals surface area contributed by atoms with Crippen molar-refractivity contribution in [3.8, 4) is 0 Å². The molecular weight excluding hydrogens is 224 g/mol. The largest absolute Gasteiger partial charge is 0.342 e. The fourth-order valence-corrected chi connectivity index (χ4v) is 1.04. The van der Waals surface area contributed by atoms with Gasteiger partial charge < -0.3 is 0 Å². The molecule has 0 saturated carbocycles. The van der Waals surface area contributed by atoms with Crippen molar-refractivity contribution in [2.45, 2.75) is 0 Å². The number of hydrogen-bond donors (Lipinski definition) is 3. The van der Waals surface area contributed by atoms with E-state index in [2.05, 4.69) is 25.7 Å². The van der Waals surface area contributed by atoms with E-state index in [1.54, 1.807) is 24.5 Å². The average molecular weight is 232 g/mol. The van der Waals surface area contributed by atoms with Crippen LogP contribution in [0.25, 0.3) is 0 Å². The van der Waals surface area contributed by atoms with Gasteiger partial charge in [-0.3, -0.25) is 20.2 Å². The molecule has 0 radical (unpaired) electrons. The summed E-state index contributed by atoms with van der Waals surface area (Å²) in [4.78, 5) is 27.7. The lowest BCUT2D eigenvalue weighted by Crippen LogP contribution is -2.25. The second-order valence-corrected chi connectivity index (χ2v) is 3.01. The smallest absolute Gasteiger partial charge is 0.270 e. The third kappa shape index (κ3) is 2.84. The number of hydrogen-bond acceptors (Lipinski definition) is 6. The molecule has 0 saturated heterocycles. The number of aromatic nitrogens is 4. The Bertz CT molecular complexity index is 630. The minimum Gasteiger partial charge on any atom is -0.270 e. The molecule has 17 heavy (non-hydrogen) atoms. The summed E-state index contributed by atoms with van der Waals surface area (Å²) in [6.07, 6.45) is 4.73. The quantitative estimate of drug-likeness (QED) is 0.478. The van der Waals surface area contributed by atoms with E-state index in [4.69, 9.17) is 0 Å². The first-order chi connectivity index (χ1) is 8.25. The topological polar surface area (TPSA) is 116 Å². The SMILES string of the molecule is O=c1[nH]nc(N/N=C/c2ccncc2)c(=O)[nH]1. The Labute approximate surface area is 94.4 Å². The van der Waals surface area contributed by atoms with Crippen LogP contribution >= 0.6 is 0 Å².